The molecule has 0 aliphatic carbocycles. The summed E-state index contributed by atoms with van der Waals surface area (Å²) in [6.07, 6.45) is -1.77. The van der Waals surface area contributed by atoms with Gasteiger partial charge in [0.1, 0.15) is 0 Å². The molecule has 0 unspecified atom stereocenters. The van der Waals surface area contributed by atoms with Crippen molar-refractivity contribution < 1.29 is 26.3 Å². The Bertz CT molecular complexity index is 1300. The summed E-state index contributed by atoms with van der Waals surface area (Å²) in [7, 11) is 0. The van der Waals surface area contributed by atoms with Crippen LogP contribution in [0.15, 0.2) is 54.3 Å². The molecule has 0 aliphatic heterocycles. The minimum atomic E-state index is -4.76. The first-order valence-corrected chi connectivity index (χ1v) is 9.37. The van der Waals surface area contributed by atoms with E-state index in [0.717, 1.165) is 18.0 Å². The summed E-state index contributed by atoms with van der Waals surface area (Å²) in [5.41, 5.74) is -1.27. The number of nitrogens with one attached hydrogen (secondary N) is 1. The number of aryl methyl sites for hydroxylation is 1. The Morgan fingerprint density at radius 2 is 1.38 bits per heavy atom. The third kappa shape index (κ3) is 4.74. The minimum Gasteiger partial charge on any atom is -0.265 e. The van der Waals surface area contributed by atoms with Gasteiger partial charge in [-0.1, -0.05) is 0 Å². The number of rotatable bonds is 2. The summed E-state index contributed by atoms with van der Waals surface area (Å²) in [4.78, 5) is 4.11. The van der Waals surface area contributed by atoms with Gasteiger partial charge in [-0.25, -0.2) is 23.7 Å². The molecule has 4 rings (SSSR count). The maximum absolute atomic E-state index is 13.0. The van der Waals surface area contributed by atoms with Crippen LogP contribution in [-0.4, -0.2) is 51.0 Å². The van der Waals surface area contributed by atoms with E-state index in [1.165, 1.54) is 21.8 Å². The van der Waals surface area contributed by atoms with Gasteiger partial charge in [-0.15, -0.1) is 0 Å². The van der Waals surface area contributed by atoms with Crippen molar-refractivity contribution in [3.05, 3.63) is 71.8 Å². The van der Waals surface area contributed by atoms with Crippen molar-refractivity contribution in [3.8, 4) is 0 Å². The third-order valence-electron chi connectivity index (χ3n) is 4.35. The van der Waals surface area contributed by atoms with Crippen molar-refractivity contribution in [1.29, 1.82) is 5.41 Å². The highest BCUT2D eigenvalue weighted by molar-refractivity contribution is 5.83. The van der Waals surface area contributed by atoms with Crippen LogP contribution in [0.25, 0.3) is 0 Å². The number of aliphatic imine (C=N–C) groups is 1. The van der Waals surface area contributed by atoms with Gasteiger partial charge in [0.25, 0.3) is 0 Å². The topological polar surface area (TPSA) is 107 Å². The van der Waals surface area contributed by atoms with Gasteiger partial charge in [-0.3, -0.25) is 5.41 Å². The summed E-state index contributed by atoms with van der Waals surface area (Å²) < 4.78 is 81.6. The summed E-state index contributed by atoms with van der Waals surface area (Å²) in [5.74, 6) is -0.510. The van der Waals surface area contributed by atoms with Crippen molar-refractivity contribution >= 4 is 11.9 Å². The zero-order valence-corrected chi connectivity index (χ0v) is 17.1. The molecule has 34 heavy (non-hydrogen) atoms. The summed E-state index contributed by atoms with van der Waals surface area (Å²) in [5, 5.41) is 22.9. The van der Waals surface area contributed by atoms with E-state index in [1.54, 1.807) is 19.3 Å². The fourth-order valence-corrected chi connectivity index (χ4v) is 2.78. The maximum Gasteiger partial charge on any atom is 0.435 e. The van der Waals surface area contributed by atoms with Crippen molar-refractivity contribution in [2.75, 3.05) is 0 Å². The van der Waals surface area contributed by atoms with Crippen molar-refractivity contribution in [1.82, 2.24) is 39.1 Å². The van der Waals surface area contributed by atoms with Crippen molar-refractivity contribution in [2.24, 2.45) is 4.99 Å². The van der Waals surface area contributed by atoms with Gasteiger partial charge >= 0.3 is 12.4 Å². The van der Waals surface area contributed by atoms with E-state index in [1.807, 2.05) is 0 Å². The highest BCUT2D eigenvalue weighted by Crippen LogP contribution is 2.28. The molecule has 0 atom stereocenters. The molecule has 178 valence electrons. The second kappa shape index (κ2) is 8.27. The van der Waals surface area contributed by atoms with Gasteiger partial charge in [0.05, 0.1) is 18.9 Å². The maximum atomic E-state index is 13.0. The van der Waals surface area contributed by atoms with E-state index >= 15 is 0 Å². The Labute approximate surface area is 186 Å². The molecule has 0 amide bonds. The van der Waals surface area contributed by atoms with Crippen LogP contribution in [0.5, 0.6) is 0 Å². The number of hydrogen-bond acceptors (Lipinski definition) is 6. The summed E-state index contributed by atoms with van der Waals surface area (Å²) in [6, 6.07) is 1.32. The van der Waals surface area contributed by atoms with Crippen LogP contribution in [0.3, 0.4) is 0 Å². The molecule has 0 saturated carbocycles. The second-order valence-electron chi connectivity index (χ2n) is 6.98. The van der Waals surface area contributed by atoms with Crippen LogP contribution in [0.4, 0.5) is 26.3 Å². The molecule has 0 radical (unpaired) electrons. The SMILES string of the molecule is Cc1cnn(C(=N)n2cc(CN=C(n3ccc(C(F)(F)F)n3)n3ccc(C(F)(F)F)n3)cn2)c1. The lowest BCUT2D eigenvalue weighted by Crippen LogP contribution is -2.24. The quantitative estimate of drug-likeness (QED) is 0.268. The second-order valence-corrected chi connectivity index (χ2v) is 6.98. The van der Waals surface area contributed by atoms with Gasteiger partial charge in [0.2, 0.25) is 11.9 Å². The molecule has 0 aliphatic rings. The highest BCUT2D eigenvalue weighted by atomic mass is 19.4. The number of aromatic nitrogens is 8. The zero-order chi connectivity index (χ0) is 24.7. The molecule has 1 N–H and O–H groups in total. The first kappa shape index (κ1) is 22.9. The standard InChI is InChI=1S/C18H14F6N10/c1-11-6-27-33(9-11)15(25)34-10-12(8-28-34)7-26-16(31-4-2-13(29-31)17(19,20)21)32-5-3-14(30-32)18(22,23)24/h2-6,8-10,25H,7H2,1H3. The molecular formula is C18H14F6N10. The summed E-state index contributed by atoms with van der Waals surface area (Å²) in [6.45, 7) is 1.59. The van der Waals surface area contributed by atoms with Gasteiger partial charge in [-0.05, 0) is 24.6 Å². The van der Waals surface area contributed by atoms with E-state index in [0.29, 0.717) is 27.1 Å². The van der Waals surface area contributed by atoms with Crippen LogP contribution in [0, 0.1) is 12.3 Å². The van der Waals surface area contributed by atoms with Crippen LogP contribution in [0.1, 0.15) is 22.5 Å². The molecule has 0 bridgehead atoms. The van der Waals surface area contributed by atoms with Crippen LogP contribution < -0.4 is 0 Å². The molecule has 4 aromatic rings. The Hall–Kier alpha value is -4.24. The molecule has 4 aromatic heterocycles. The Morgan fingerprint density at radius 3 is 1.85 bits per heavy atom. The summed E-state index contributed by atoms with van der Waals surface area (Å²) >= 11 is 0. The smallest absolute Gasteiger partial charge is 0.265 e. The van der Waals surface area contributed by atoms with Gasteiger partial charge < -0.3 is 0 Å². The molecule has 0 fully saturated rings. The lowest BCUT2D eigenvalue weighted by molar-refractivity contribution is -0.142. The number of hydrogen-bond donors (Lipinski definition) is 1. The molecule has 0 aromatic carbocycles. The third-order valence-corrected chi connectivity index (χ3v) is 4.35. The average molecular weight is 484 g/mol. The van der Waals surface area contributed by atoms with E-state index < -0.39 is 29.7 Å². The fraction of sp³-hybridized carbons (Fsp3) is 0.222. The van der Waals surface area contributed by atoms with Gasteiger partial charge in [0.15, 0.2) is 11.4 Å². The lowest BCUT2D eigenvalue weighted by Gasteiger charge is -2.08. The number of nitrogens with zero attached hydrogens (tertiary/aromatic N) is 9. The lowest BCUT2D eigenvalue weighted by atomic mass is 10.4. The van der Waals surface area contributed by atoms with Crippen molar-refractivity contribution in [2.45, 2.75) is 25.8 Å². The van der Waals surface area contributed by atoms with E-state index in [-0.39, 0.29) is 12.5 Å². The molecule has 16 heteroatoms. The highest BCUT2D eigenvalue weighted by Gasteiger charge is 2.35. The van der Waals surface area contributed by atoms with Gasteiger partial charge in [0, 0.05) is 30.4 Å². The van der Waals surface area contributed by atoms with E-state index in [2.05, 4.69) is 25.4 Å². The first-order valence-electron chi connectivity index (χ1n) is 9.37. The van der Waals surface area contributed by atoms with E-state index in [4.69, 9.17) is 5.41 Å². The first-order chi connectivity index (χ1) is 15.9. The number of halogens is 6. The Kier molecular flexibility index (Phi) is 5.58. The van der Waals surface area contributed by atoms with Crippen molar-refractivity contribution in [3.63, 3.8) is 0 Å². The Morgan fingerprint density at radius 1 is 0.853 bits per heavy atom. The monoisotopic (exact) mass is 484 g/mol. The normalized spacial score (nSPS) is 12.2. The van der Waals surface area contributed by atoms with E-state index in [9.17, 15) is 26.3 Å². The number of alkyl halides is 6. The predicted octanol–water partition coefficient (Wildman–Crippen LogP) is 3.10. The molecule has 0 saturated heterocycles. The Balaban J connectivity index is 1.65. The van der Waals surface area contributed by atoms with Gasteiger partial charge in [-0.2, -0.15) is 46.7 Å². The zero-order valence-electron chi connectivity index (χ0n) is 17.1. The molecular weight excluding hydrogens is 470 g/mol. The minimum absolute atomic E-state index is 0.104. The van der Waals surface area contributed by atoms with Crippen LogP contribution in [-0.2, 0) is 18.9 Å². The van der Waals surface area contributed by atoms with Crippen LogP contribution in [0.2, 0.25) is 0 Å². The fourth-order valence-electron chi connectivity index (χ4n) is 2.78. The largest absolute Gasteiger partial charge is 0.435 e. The molecule has 4 heterocycles. The molecule has 0 spiro atoms. The molecule has 10 nitrogen and oxygen atoms in total. The average Bonchev–Trinajstić information content (AvgIpc) is 3.53. The van der Waals surface area contributed by atoms with Crippen LogP contribution >= 0.6 is 0 Å². The predicted molar refractivity (Wildman–Crippen MR) is 104 cm³/mol.